The number of halogens is 1. The summed E-state index contributed by atoms with van der Waals surface area (Å²) in [7, 11) is 1.30. The Morgan fingerprint density at radius 3 is 2.59 bits per heavy atom. The van der Waals surface area contributed by atoms with Crippen LogP contribution >= 0.6 is 11.6 Å². The number of aryl methyl sites for hydroxylation is 1. The molecule has 0 fully saturated rings. The summed E-state index contributed by atoms with van der Waals surface area (Å²) in [6, 6.07) is 4.48. The Kier molecular flexibility index (Phi) is 7.18. The summed E-state index contributed by atoms with van der Waals surface area (Å²) in [5.74, 6) is -0.294. The van der Waals surface area contributed by atoms with E-state index in [4.69, 9.17) is 21.1 Å². The summed E-state index contributed by atoms with van der Waals surface area (Å²) < 4.78 is 10.1. The Labute approximate surface area is 135 Å². The summed E-state index contributed by atoms with van der Waals surface area (Å²) in [5.41, 5.74) is 0.867. The lowest BCUT2D eigenvalue weighted by Gasteiger charge is -2.21. The maximum Gasteiger partial charge on any atom is 0.328 e. The summed E-state index contributed by atoms with van der Waals surface area (Å²) >= 11 is 5.93. The number of amides is 1. The molecular weight excluding hydrogens is 306 g/mol. The SMILES string of the molecule is CC[C@@H](C)[C@@H](NC(=O)COc1ccc(Cl)c(C)c1)C(=O)OC. The largest absolute Gasteiger partial charge is 0.484 e. The molecule has 1 aromatic carbocycles. The van der Waals surface area contributed by atoms with Crippen LogP contribution in [0.15, 0.2) is 18.2 Å². The molecule has 0 radical (unpaired) electrons. The lowest BCUT2D eigenvalue weighted by Crippen LogP contribution is -2.47. The number of hydrogen-bond acceptors (Lipinski definition) is 4. The van der Waals surface area contributed by atoms with Crippen molar-refractivity contribution < 1.29 is 19.1 Å². The van der Waals surface area contributed by atoms with Crippen LogP contribution in [0.3, 0.4) is 0 Å². The van der Waals surface area contributed by atoms with Gasteiger partial charge in [-0.3, -0.25) is 4.79 Å². The molecule has 1 amide bonds. The van der Waals surface area contributed by atoms with Gasteiger partial charge in [-0.15, -0.1) is 0 Å². The number of esters is 1. The predicted molar refractivity (Wildman–Crippen MR) is 85.1 cm³/mol. The van der Waals surface area contributed by atoms with E-state index >= 15 is 0 Å². The molecule has 0 heterocycles. The quantitative estimate of drug-likeness (QED) is 0.782. The van der Waals surface area contributed by atoms with Gasteiger partial charge in [0.25, 0.3) is 5.91 Å². The fourth-order valence-electron chi connectivity index (χ4n) is 1.87. The number of hydrogen-bond donors (Lipinski definition) is 1. The lowest BCUT2D eigenvalue weighted by molar-refractivity contribution is -0.146. The fourth-order valence-corrected chi connectivity index (χ4v) is 1.98. The minimum atomic E-state index is -0.668. The van der Waals surface area contributed by atoms with E-state index in [-0.39, 0.29) is 18.4 Å². The van der Waals surface area contributed by atoms with Crippen molar-refractivity contribution in [2.24, 2.45) is 5.92 Å². The van der Waals surface area contributed by atoms with Crippen LogP contribution in [-0.2, 0) is 14.3 Å². The number of benzene rings is 1. The zero-order valence-electron chi connectivity index (χ0n) is 13.3. The van der Waals surface area contributed by atoms with Gasteiger partial charge in [-0.2, -0.15) is 0 Å². The highest BCUT2D eigenvalue weighted by Gasteiger charge is 2.26. The molecule has 0 aromatic heterocycles. The van der Waals surface area contributed by atoms with E-state index in [1.807, 2.05) is 20.8 Å². The molecule has 22 heavy (non-hydrogen) atoms. The summed E-state index contributed by atoms with van der Waals surface area (Å²) in [4.78, 5) is 23.7. The third kappa shape index (κ3) is 5.22. The Hall–Kier alpha value is -1.75. The maximum absolute atomic E-state index is 11.9. The van der Waals surface area contributed by atoms with Crippen LogP contribution in [0.2, 0.25) is 5.02 Å². The third-order valence-corrected chi connectivity index (χ3v) is 3.91. The van der Waals surface area contributed by atoms with Gasteiger partial charge in [0.15, 0.2) is 6.61 Å². The summed E-state index contributed by atoms with van der Waals surface area (Å²) in [6.07, 6.45) is 0.747. The first-order valence-corrected chi connectivity index (χ1v) is 7.53. The lowest BCUT2D eigenvalue weighted by atomic mass is 9.99. The molecule has 1 N–H and O–H groups in total. The monoisotopic (exact) mass is 327 g/mol. The molecule has 122 valence electrons. The standard InChI is InChI=1S/C16H22ClNO4/c1-5-10(2)15(16(20)21-4)18-14(19)9-22-12-6-7-13(17)11(3)8-12/h6-8,10,15H,5,9H2,1-4H3,(H,18,19)/t10-,15-/m1/s1. The normalized spacial score (nSPS) is 13.1. The van der Waals surface area contributed by atoms with Crippen molar-refractivity contribution in [1.29, 1.82) is 0 Å². The molecule has 0 aliphatic carbocycles. The first kappa shape index (κ1) is 18.3. The van der Waals surface area contributed by atoms with E-state index in [2.05, 4.69) is 5.32 Å². The molecule has 0 aliphatic rings. The van der Waals surface area contributed by atoms with Crippen LogP contribution in [0, 0.1) is 12.8 Å². The highest BCUT2D eigenvalue weighted by Crippen LogP contribution is 2.20. The fraction of sp³-hybridized carbons (Fsp3) is 0.500. The van der Waals surface area contributed by atoms with E-state index in [1.165, 1.54) is 7.11 Å². The maximum atomic E-state index is 11.9. The van der Waals surface area contributed by atoms with Gasteiger partial charge in [-0.25, -0.2) is 4.79 Å². The van der Waals surface area contributed by atoms with Gasteiger partial charge in [0.1, 0.15) is 11.8 Å². The molecule has 0 aliphatic heterocycles. The predicted octanol–water partition coefficient (Wildman–Crippen LogP) is 2.73. The van der Waals surface area contributed by atoms with E-state index < -0.39 is 12.0 Å². The van der Waals surface area contributed by atoms with Crippen molar-refractivity contribution >= 4 is 23.5 Å². The topological polar surface area (TPSA) is 64.6 Å². The number of ether oxygens (including phenoxy) is 2. The van der Waals surface area contributed by atoms with Crippen molar-refractivity contribution in [3.63, 3.8) is 0 Å². The summed E-state index contributed by atoms with van der Waals surface area (Å²) in [5, 5.41) is 3.29. The van der Waals surface area contributed by atoms with Gasteiger partial charge in [-0.1, -0.05) is 31.9 Å². The van der Waals surface area contributed by atoms with E-state index in [9.17, 15) is 9.59 Å². The molecule has 1 rings (SSSR count). The second kappa shape index (κ2) is 8.63. The average molecular weight is 328 g/mol. The number of methoxy groups -OCH3 is 1. The molecule has 0 saturated carbocycles. The van der Waals surface area contributed by atoms with Crippen LogP contribution in [0.25, 0.3) is 0 Å². The van der Waals surface area contributed by atoms with Crippen LogP contribution in [0.5, 0.6) is 5.75 Å². The Morgan fingerprint density at radius 1 is 1.36 bits per heavy atom. The van der Waals surface area contributed by atoms with Crippen LogP contribution < -0.4 is 10.1 Å². The Morgan fingerprint density at radius 2 is 2.05 bits per heavy atom. The van der Waals surface area contributed by atoms with Crippen molar-refractivity contribution in [2.45, 2.75) is 33.2 Å². The number of carbonyl (C=O) groups is 2. The van der Waals surface area contributed by atoms with Crippen molar-refractivity contribution in [3.8, 4) is 5.75 Å². The number of carbonyl (C=O) groups excluding carboxylic acids is 2. The van der Waals surface area contributed by atoms with E-state index in [0.29, 0.717) is 10.8 Å². The van der Waals surface area contributed by atoms with Gasteiger partial charge < -0.3 is 14.8 Å². The van der Waals surface area contributed by atoms with Gasteiger partial charge in [-0.05, 0) is 36.6 Å². The van der Waals surface area contributed by atoms with E-state index in [1.54, 1.807) is 18.2 Å². The number of nitrogens with one attached hydrogen (secondary N) is 1. The smallest absolute Gasteiger partial charge is 0.328 e. The van der Waals surface area contributed by atoms with Gasteiger partial charge >= 0.3 is 5.97 Å². The third-order valence-electron chi connectivity index (χ3n) is 3.48. The zero-order chi connectivity index (χ0) is 16.7. The molecule has 0 bridgehead atoms. The molecule has 0 unspecified atom stereocenters. The molecule has 1 aromatic rings. The highest BCUT2D eigenvalue weighted by molar-refractivity contribution is 6.31. The molecule has 5 nitrogen and oxygen atoms in total. The molecule has 2 atom stereocenters. The van der Waals surface area contributed by atoms with Crippen LogP contribution in [0.4, 0.5) is 0 Å². The first-order valence-electron chi connectivity index (χ1n) is 7.15. The minimum absolute atomic E-state index is 0.0193. The van der Waals surface area contributed by atoms with Gasteiger partial charge in [0.2, 0.25) is 0 Å². The minimum Gasteiger partial charge on any atom is -0.484 e. The molecule has 6 heteroatoms. The molecule has 0 saturated heterocycles. The molecular formula is C16H22ClNO4. The van der Waals surface area contributed by atoms with Crippen LogP contribution in [0.1, 0.15) is 25.8 Å². The Bertz CT molecular complexity index is 533. The van der Waals surface area contributed by atoms with E-state index in [0.717, 1.165) is 12.0 Å². The van der Waals surface area contributed by atoms with Crippen molar-refractivity contribution in [1.82, 2.24) is 5.32 Å². The van der Waals surface area contributed by atoms with Crippen molar-refractivity contribution in [3.05, 3.63) is 28.8 Å². The second-order valence-corrected chi connectivity index (χ2v) is 5.56. The van der Waals surface area contributed by atoms with Crippen molar-refractivity contribution in [2.75, 3.05) is 13.7 Å². The summed E-state index contributed by atoms with van der Waals surface area (Å²) in [6.45, 7) is 5.50. The molecule has 0 spiro atoms. The first-order chi connectivity index (χ1) is 10.4. The second-order valence-electron chi connectivity index (χ2n) is 5.15. The van der Waals surface area contributed by atoms with Gasteiger partial charge in [0.05, 0.1) is 7.11 Å². The van der Waals surface area contributed by atoms with Crippen LogP contribution in [-0.4, -0.2) is 31.6 Å². The zero-order valence-corrected chi connectivity index (χ0v) is 14.1. The average Bonchev–Trinajstić information content (AvgIpc) is 2.52. The highest BCUT2D eigenvalue weighted by atomic mass is 35.5. The van der Waals surface area contributed by atoms with Gasteiger partial charge in [0, 0.05) is 5.02 Å². The Balaban J connectivity index is 2.60. The number of rotatable bonds is 7.